The first kappa shape index (κ1) is 10.3. The third-order valence-corrected chi connectivity index (χ3v) is 1.17. The van der Waals surface area contributed by atoms with Crippen LogP contribution in [0.25, 0.3) is 0 Å². The molecule has 0 bridgehead atoms. The van der Waals surface area contributed by atoms with Gasteiger partial charge in [0.15, 0.2) is 0 Å². The number of nitrogens with zero attached hydrogens (tertiary/aromatic N) is 2. The van der Waals surface area contributed by atoms with Crippen LogP contribution in [0.4, 0.5) is 0 Å². The van der Waals surface area contributed by atoms with Crippen molar-refractivity contribution in [3.63, 3.8) is 0 Å². The highest BCUT2D eigenvalue weighted by Crippen LogP contribution is 2.01. The zero-order valence-electron chi connectivity index (χ0n) is 6.87. The quantitative estimate of drug-likeness (QED) is 0.391. The molecule has 0 aliphatic carbocycles. The summed E-state index contributed by atoms with van der Waals surface area (Å²) in [6.45, 7) is 2.30. The molecule has 0 spiro atoms. The van der Waals surface area contributed by atoms with Crippen LogP contribution >= 0.6 is 0 Å². The fourth-order valence-electron chi connectivity index (χ4n) is 0.506. The molecule has 1 N–H and O–H groups in total. The van der Waals surface area contributed by atoms with Gasteiger partial charge in [0.2, 0.25) is 5.57 Å². The smallest absolute Gasteiger partial charge is 0.306 e. The Labute approximate surface area is 71.3 Å². The Morgan fingerprint density at radius 3 is 2.42 bits per heavy atom. The van der Waals surface area contributed by atoms with Crippen LogP contribution in [-0.2, 0) is 4.74 Å². The van der Waals surface area contributed by atoms with E-state index in [4.69, 9.17) is 20.4 Å². The number of rotatable bonds is 4. The maximum atomic E-state index is 8.95. The fourth-order valence-corrected chi connectivity index (χ4v) is 0.506. The van der Waals surface area contributed by atoms with Gasteiger partial charge < -0.3 is 9.84 Å². The molecule has 0 heterocycles. The number of allylic oxidation sites excluding steroid dienone is 1. The van der Waals surface area contributed by atoms with E-state index in [1.165, 1.54) is 12.1 Å². The molecule has 0 atom stereocenters. The number of unbranched alkanes of at least 4 members (excludes halogenated alkanes) is 1. The lowest BCUT2D eigenvalue weighted by Gasteiger charge is -2.01. The van der Waals surface area contributed by atoms with E-state index >= 15 is 0 Å². The monoisotopic (exact) mass is 166 g/mol. The third-order valence-electron chi connectivity index (χ3n) is 1.17. The van der Waals surface area contributed by atoms with Crippen molar-refractivity contribution in [3.05, 3.63) is 11.5 Å². The van der Waals surface area contributed by atoms with Crippen molar-refractivity contribution in [1.29, 1.82) is 10.5 Å². The lowest BCUT2D eigenvalue weighted by atomic mass is 10.3. The topological polar surface area (TPSA) is 77.0 Å². The first-order chi connectivity index (χ1) is 5.76. The highest BCUT2D eigenvalue weighted by molar-refractivity contribution is 5.35. The molecule has 0 fully saturated rings. The molecule has 0 aromatic carbocycles. The van der Waals surface area contributed by atoms with Gasteiger partial charge in [-0.3, -0.25) is 0 Å². The lowest BCUT2D eigenvalue weighted by Crippen LogP contribution is -1.96. The summed E-state index contributed by atoms with van der Waals surface area (Å²) in [4.78, 5) is 0. The molecule has 12 heavy (non-hydrogen) atoms. The van der Waals surface area contributed by atoms with Crippen molar-refractivity contribution in [2.45, 2.75) is 19.8 Å². The van der Waals surface area contributed by atoms with E-state index < -0.39 is 5.95 Å². The van der Waals surface area contributed by atoms with E-state index in [9.17, 15) is 0 Å². The van der Waals surface area contributed by atoms with Gasteiger partial charge >= 0.3 is 5.95 Å². The SMILES string of the molecule is CCCCOC(O)=C(C#N)C#N. The average molecular weight is 166 g/mol. The molecular weight excluding hydrogens is 156 g/mol. The molecule has 0 aromatic heterocycles. The van der Waals surface area contributed by atoms with E-state index in [-0.39, 0.29) is 5.57 Å². The zero-order valence-corrected chi connectivity index (χ0v) is 6.87. The summed E-state index contributed by atoms with van der Waals surface area (Å²) in [5.41, 5.74) is -0.383. The molecule has 0 aliphatic heterocycles. The number of ether oxygens (including phenoxy) is 1. The second kappa shape index (κ2) is 6.06. The minimum absolute atomic E-state index is 0.329. The standard InChI is InChI=1S/C8H10N2O2/c1-2-3-4-12-8(11)7(5-9)6-10/h11H,2-4H2,1H3. The van der Waals surface area contributed by atoms with E-state index in [0.717, 1.165) is 12.8 Å². The minimum Gasteiger partial charge on any atom is -0.479 e. The van der Waals surface area contributed by atoms with Gasteiger partial charge in [-0.25, -0.2) is 0 Å². The van der Waals surface area contributed by atoms with Crippen LogP contribution in [0.2, 0.25) is 0 Å². The second-order valence-corrected chi connectivity index (χ2v) is 2.11. The number of aliphatic hydroxyl groups excluding tert-OH is 1. The Bertz CT molecular complexity index is 229. The van der Waals surface area contributed by atoms with Crippen LogP contribution in [-0.4, -0.2) is 11.7 Å². The van der Waals surface area contributed by atoms with Gasteiger partial charge in [0.05, 0.1) is 6.61 Å². The molecule has 0 aromatic rings. The van der Waals surface area contributed by atoms with Crippen molar-refractivity contribution < 1.29 is 9.84 Å². The fraction of sp³-hybridized carbons (Fsp3) is 0.500. The van der Waals surface area contributed by atoms with Crippen molar-refractivity contribution in [3.8, 4) is 12.1 Å². The molecule has 4 nitrogen and oxygen atoms in total. The van der Waals surface area contributed by atoms with Gasteiger partial charge in [-0.1, -0.05) is 13.3 Å². The molecule has 0 aliphatic rings. The second-order valence-electron chi connectivity index (χ2n) is 2.11. The maximum absolute atomic E-state index is 8.95. The number of hydrogen-bond acceptors (Lipinski definition) is 4. The Kier molecular flexibility index (Phi) is 5.21. The van der Waals surface area contributed by atoms with E-state index in [1.807, 2.05) is 6.92 Å². The first-order valence-electron chi connectivity index (χ1n) is 3.62. The Balaban J connectivity index is 4.02. The Morgan fingerprint density at radius 1 is 1.42 bits per heavy atom. The van der Waals surface area contributed by atoms with Crippen molar-refractivity contribution in [1.82, 2.24) is 0 Å². The van der Waals surface area contributed by atoms with E-state index in [0.29, 0.717) is 6.61 Å². The Hall–Kier alpha value is -1.68. The van der Waals surface area contributed by atoms with Gasteiger partial charge in [0.25, 0.3) is 0 Å². The predicted octanol–water partition coefficient (Wildman–Crippen LogP) is 1.62. The number of hydrogen-bond donors (Lipinski definition) is 1. The molecule has 0 saturated carbocycles. The molecule has 4 heteroatoms. The summed E-state index contributed by atoms with van der Waals surface area (Å²) in [6, 6.07) is 3.04. The van der Waals surface area contributed by atoms with Crippen LogP contribution in [0, 0.1) is 22.7 Å². The van der Waals surface area contributed by atoms with Crippen molar-refractivity contribution in [2.75, 3.05) is 6.61 Å². The number of nitriles is 2. The van der Waals surface area contributed by atoms with Crippen LogP contribution < -0.4 is 0 Å². The van der Waals surface area contributed by atoms with E-state index in [1.54, 1.807) is 0 Å². The first-order valence-corrected chi connectivity index (χ1v) is 3.62. The zero-order chi connectivity index (χ0) is 9.40. The van der Waals surface area contributed by atoms with Crippen molar-refractivity contribution >= 4 is 0 Å². The normalized spacial score (nSPS) is 7.92. The van der Waals surface area contributed by atoms with Gasteiger partial charge in [0.1, 0.15) is 12.1 Å². The molecule has 0 saturated heterocycles. The Morgan fingerprint density at radius 2 is 2.00 bits per heavy atom. The van der Waals surface area contributed by atoms with Crippen molar-refractivity contribution in [2.24, 2.45) is 0 Å². The molecule has 64 valence electrons. The highest BCUT2D eigenvalue weighted by Gasteiger charge is 2.03. The van der Waals surface area contributed by atoms with Crippen LogP contribution in [0.15, 0.2) is 11.5 Å². The predicted molar refractivity (Wildman–Crippen MR) is 41.7 cm³/mol. The maximum Gasteiger partial charge on any atom is 0.306 e. The van der Waals surface area contributed by atoms with Gasteiger partial charge in [0, 0.05) is 0 Å². The number of aliphatic hydroxyl groups is 1. The molecule has 0 rings (SSSR count). The van der Waals surface area contributed by atoms with Crippen LogP contribution in [0.5, 0.6) is 0 Å². The largest absolute Gasteiger partial charge is 0.479 e. The van der Waals surface area contributed by atoms with Crippen LogP contribution in [0.1, 0.15) is 19.8 Å². The minimum atomic E-state index is -0.576. The summed E-state index contributed by atoms with van der Waals surface area (Å²) in [6.07, 6.45) is 1.72. The summed E-state index contributed by atoms with van der Waals surface area (Å²) in [5, 5.41) is 25.5. The van der Waals surface area contributed by atoms with E-state index in [2.05, 4.69) is 0 Å². The summed E-state index contributed by atoms with van der Waals surface area (Å²) < 4.78 is 4.72. The van der Waals surface area contributed by atoms with Gasteiger partial charge in [-0.15, -0.1) is 0 Å². The molecule has 0 radical (unpaired) electrons. The van der Waals surface area contributed by atoms with Gasteiger partial charge in [-0.2, -0.15) is 10.5 Å². The summed E-state index contributed by atoms with van der Waals surface area (Å²) in [7, 11) is 0. The van der Waals surface area contributed by atoms with Gasteiger partial charge in [-0.05, 0) is 6.42 Å². The third kappa shape index (κ3) is 3.48. The molecule has 0 unspecified atom stereocenters. The van der Waals surface area contributed by atoms with Crippen LogP contribution in [0.3, 0.4) is 0 Å². The summed E-state index contributed by atoms with van der Waals surface area (Å²) >= 11 is 0. The molecular formula is C8H10N2O2. The average Bonchev–Trinajstić information content (AvgIpc) is 2.07. The molecule has 0 amide bonds. The summed E-state index contributed by atoms with van der Waals surface area (Å²) in [5.74, 6) is -0.576. The lowest BCUT2D eigenvalue weighted by molar-refractivity contribution is 0.0898. The highest BCUT2D eigenvalue weighted by atomic mass is 16.6.